The van der Waals surface area contributed by atoms with Gasteiger partial charge in [-0.25, -0.2) is 0 Å². The molecule has 0 bridgehead atoms. The topological polar surface area (TPSA) is 37.3 Å². The maximum atomic E-state index is 10.4. The molecule has 1 atom stereocenters. The molecule has 0 aliphatic heterocycles. The lowest BCUT2D eigenvalue weighted by atomic mass is 10.2. The third-order valence-corrected chi connectivity index (χ3v) is 3.09. The first-order chi connectivity index (χ1) is 6.76. The van der Waals surface area contributed by atoms with Gasteiger partial charge >= 0.3 is 0 Å². The second-order valence-corrected chi connectivity index (χ2v) is 4.15. The lowest BCUT2D eigenvalue weighted by Gasteiger charge is -2.06. The van der Waals surface area contributed by atoms with Gasteiger partial charge in [0.2, 0.25) is 0 Å². The van der Waals surface area contributed by atoms with Gasteiger partial charge in [-0.15, -0.1) is 11.8 Å². The zero-order chi connectivity index (χ0) is 10.4. The van der Waals surface area contributed by atoms with Gasteiger partial charge in [0, 0.05) is 16.2 Å². The van der Waals surface area contributed by atoms with Crippen LogP contribution in [0.2, 0.25) is 0 Å². The zero-order valence-electron chi connectivity index (χ0n) is 8.14. The van der Waals surface area contributed by atoms with Crippen molar-refractivity contribution >= 4 is 18.0 Å². The molecule has 0 radical (unpaired) electrons. The summed E-state index contributed by atoms with van der Waals surface area (Å²) in [4.78, 5) is 11.5. The first-order valence-electron chi connectivity index (χ1n) is 4.62. The van der Waals surface area contributed by atoms with Crippen LogP contribution in [-0.4, -0.2) is 23.2 Å². The number of hydrogen-bond donors (Lipinski definition) is 1. The van der Waals surface area contributed by atoms with Crippen molar-refractivity contribution in [3.8, 4) is 0 Å². The van der Waals surface area contributed by atoms with Gasteiger partial charge in [0.05, 0.1) is 6.10 Å². The summed E-state index contributed by atoms with van der Waals surface area (Å²) in [6.45, 7) is 1.96. The van der Waals surface area contributed by atoms with Crippen LogP contribution < -0.4 is 0 Å². The van der Waals surface area contributed by atoms with E-state index in [0.29, 0.717) is 11.3 Å². The molecule has 0 saturated heterocycles. The Morgan fingerprint density at radius 3 is 2.57 bits per heavy atom. The molecule has 1 N–H and O–H groups in total. The molecule has 0 spiro atoms. The zero-order valence-corrected chi connectivity index (χ0v) is 8.96. The lowest BCUT2D eigenvalue weighted by Crippen LogP contribution is -2.06. The minimum Gasteiger partial charge on any atom is -0.392 e. The van der Waals surface area contributed by atoms with E-state index in [1.54, 1.807) is 23.9 Å². The Balaban J connectivity index is 2.47. The van der Waals surface area contributed by atoms with E-state index >= 15 is 0 Å². The number of hydrogen-bond acceptors (Lipinski definition) is 3. The standard InChI is InChI=1S/C11H14O2S/c1-2-10(13)8-14-11-5-3-9(7-12)4-6-11/h3-7,10,13H,2,8H2,1H3. The summed E-state index contributed by atoms with van der Waals surface area (Å²) >= 11 is 1.61. The van der Waals surface area contributed by atoms with Crippen molar-refractivity contribution < 1.29 is 9.90 Å². The van der Waals surface area contributed by atoms with Crippen LogP contribution in [0.15, 0.2) is 29.2 Å². The molecule has 2 nitrogen and oxygen atoms in total. The van der Waals surface area contributed by atoms with Gasteiger partial charge in [0.1, 0.15) is 6.29 Å². The maximum absolute atomic E-state index is 10.4. The van der Waals surface area contributed by atoms with Crippen molar-refractivity contribution in [3.63, 3.8) is 0 Å². The number of aliphatic hydroxyl groups excluding tert-OH is 1. The normalized spacial score (nSPS) is 12.4. The smallest absolute Gasteiger partial charge is 0.150 e. The summed E-state index contributed by atoms with van der Waals surface area (Å²) in [5.74, 6) is 0.705. The Labute approximate surface area is 88.3 Å². The van der Waals surface area contributed by atoms with Gasteiger partial charge in [0.25, 0.3) is 0 Å². The van der Waals surface area contributed by atoms with Gasteiger partial charge < -0.3 is 5.11 Å². The highest BCUT2D eigenvalue weighted by Gasteiger charge is 2.01. The molecule has 0 aliphatic rings. The minimum absolute atomic E-state index is 0.245. The fraction of sp³-hybridized carbons (Fsp3) is 0.364. The predicted octanol–water partition coefficient (Wildman–Crippen LogP) is 2.36. The molecule has 0 fully saturated rings. The molecule has 76 valence electrons. The summed E-state index contributed by atoms with van der Waals surface area (Å²) in [6, 6.07) is 7.37. The Morgan fingerprint density at radius 2 is 2.07 bits per heavy atom. The van der Waals surface area contributed by atoms with E-state index in [0.717, 1.165) is 17.6 Å². The van der Waals surface area contributed by atoms with Crippen LogP contribution in [0.3, 0.4) is 0 Å². The average molecular weight is 210 g/mol. The predicted molar refractivity (Wildman–Crippen MR) is 58.9 cm³/mol. The van der Waals surface area contributed by atoms with Crippen molar-refractivity contribution in [3.05, 3.63) is 29.8 Å². The Hall–Kier alpha value is -0.800. The Bertz CT molecular complexity index is 282. The van der Waals surface area contributed by atoms with Crippen molar-refractivity contribution in [2.75, 3.05) is 5.75 Å². The number of benzene rings is 1. The molecule has 0 saturated carbocycles. The number of rotatable bonds is 5. The number of thioether (sulfide) groups is 1. The van der Waals surface area contributed by atoms with Crippen LogP contribution in [-0.2, 0) is 0 Å². The molecule has 0 amide bonds. The maximum Gasteiger partial charge on any atom is 0.150 e. The van der Waals surface area contributed by atoms with Crippen LogP contribution in [0.25, 0.3) is 0 Å². The molecule has 0 heterocycles. The van der Waals surface area contributed by atoms with E-state index in [4.69, 9.17) is 0 Å². The minimum atomic E-state index is -0.245. The molecule has 0 aliphatic carbocycles. The van der Waals surface area contributed by atoms with E-state index in [2.05, 4.69) is 0 Å². The summed E-state index contributed by atoms with van der Waals surface area (Å²) in [5.41, 5.74) is 0.686. The van der Waals surface area contributed by atoms with E-state index in [9.17, 15) is 9.90 Å². The number of carbonyl (C=O) groups excluding carboxylic acids is 1. The van der Waals surface area contributed by atoms with Crippen molar-refractivity contribution in [2.45, 2.75) is 24.3 Å². The largest absolute Gasteiger partial charge is 0.392 e. The summed E-state index contributed by atoms with van der Waals surface area (Å²) < 4.78 is 0. The van der Waals surface area contributed by atoms with Crippen LogP contribution in [0.5, 0.6) is 0 Å². The second-order valence-electron chi connectivity index (χ2n) is 3.06. The fourth-order valence-electron chi connectivity index (χ4n) is 0.953. The summed E-state index contributed by atoms with van der Waals surface area (Å²) in [5, 5.41) is 9.34. The molecule has 0 aromatic heterocycles. The highest BCUT2D eigenvalue weighted by molar-refractivity contribution is 7.99. The molecule has 1 aromatic rings. The van der Waals surface area contributed by atoms with Gasteiger partial charge in [-0.2, -0.15) is 0 Å². The number of aliphatic hydroxyl groups is 1. The molecular formula is C11H14O2S. The van der Waals surface area contributed by atoms with Crippen LogP contribution in [0.1, 0.15) is 23.7 Å². The van der Waals surface area contributed by atoms with Crippen molar-refractivity contribution in [2.24, 2.45) is 0 Å². The summed E-state index contributed by atoms with van der Waals surface area (Å²) in [6.07, 6.45) is 1.36. The van der Waals surface area contributed by atoms with Crippen LogP contribution in [0, 0.1) is 0 Å². The molecule has 1 aromatic carbocycles. The Kier molecular flexibility index (Phi) is 4.70. The van der Waals surface area contributed by atoms with Crippen molar-refractivity contribution in [1.29, 1.82) is 0 Å². The third kappa shape index (κ3) is 3.52. The van der Waals surface area contributed by atoms with Crippen molar-refractivity contribution in [1.82, 2.24) is 0 Å². The lowest BCUT2D eigenvalue weighted by molar-refractivity contribution is 0.112. The first kappa shape index (κ1) is 11.3. The second kappa shape index (κ2) is 5.83. The van der Waals surface area contributed by atoms with Gasteiger partial charge in [-0.05, 0) is 18.6 Å². The molecule has 14 heavy (non-hydrogen) atoms. The monoisotopic (exact) mass is 210 g/mol. The van der Waals surface area contributed by atoms with E-state index in [1.165, 1.54) is 0 Å². The van der Waals surface area contributed by atoms with E-state index in [-0.39, 0.29) is 6.10 Å². The molecule has 1 unspecified atom stereocenters. The van der Waals surface area contributed by atoms with Gasteiger partial charge in [-0.3, -0.25) is 4.79 Å². The molecular weight excluding hydrogens is 196 g/mol. The van der Waals surface area contributed by atoms with Gasteiger partial charge in [-0.1, -0.05) is 19.1 Å². The third-order valence-electron chi connectivity index (χ3n) is 1.93. The molecule has 1 rings (SSSR count). The summed E-state index contributed by atoms with van der Waals surface area (Å²) in [7, 11) is 0. The quantitative estimate of drug-likeness (QED) is 0.599. The number of carbonyl (C=O) groups is 1. The van der Waals surface area contributed by atoms with Gasteiger partial charge in [0.15, 0.2) is 0 Å². The average Bonchev–Trinajstić information content (AvgIpc) is 2.26. The Morgan fingerprint density at radius 1 is 1.43 bits per heavy atom. The van der Waals surface area contributed by atoms with Crippen LogP contribution in [0.4, 0.5) is 0 Å². The van der Waals surface area contributed by atoms with E-state index in [1.807, 2.05) is 19.1 Å². The van der Waals surface area contributed by atoms with Crippen LogP contribution >= 0.6 is 11.8 Å². The highest BCUT2D eigenvalue weighted by Crippen LogP contribution is 2.19. The van der Waals surface area contributed by atoms with E-state index < -0.39 is 0 Å². The highest BCUT2D eigenvalue weighted by atomic mass is 32.2. The number of aldehydes is 1. The molecule has 3 heteroatoms. The SMILES string of the molecule is CCC(O)CSc1ccc(C=O)cc1. The first-order valence-corrected chi connectivity index (χ1v) is 5.61. The fourth-order valence-corrected chi connectivity index (χ4v) is 1.90.